The normalized spacial score (nSPS) is 23.0. The molecule has 0 amide bonds. The lowest BCUT2D eigenvalue weighted by Crippen LogP contribution is -2.19. The minimum atomic E-state index is -0.504. The van der Waals surface area contributed by atoms with Crippen molar-refractivity contribution in [1.82, 2.24) is 15.2 Å². The summed E-state index contributed by atoms with van der Waals surface area (Å²) in [5.74, 6) is 2.56. The third-order valence-corrected chi connectivity index (χ3v) is 8.34. The molecule has 2 aromatic carbocycles. The van der Waals surface area contributed by atoms with Gasteiger partial charge in [0.2, 0.25) is 0 Å². The summed E-state index contributed by atoms with van der Waals surface area (Å²) in [6.45, 7) is 3.90. The molecule has 0 radical (unpaired) electrons. The van der Waals surface area contributed by atoms with Gasteiger partial charge < -0.3 is 0 Å². The molecule has 1 N–H and O–H groups in total. The van der Waals surface area contributed by atoms with Gasteiger partial charge in [-0.05, 0) is 74.1 Å². The first-order valence-electron chi connectivity index (χ1n) is 12.3. The maximum atomic E-state index is 9.47. The first-order valence-corrected chi connectivity index (χ1v) is 12.3. The summed E-state index contributed by atoms with van der Waals surface area (Å²) in [6.07, 6.45) is 10.2. The molecular weight excluding hydrogens is 404 g/mol. The van der Waals surface area contributed by atoms with Gasteiger partial charge in [0, 0.05) is 16.3 Å². The topological polar surface area (TPSA) is 65.4 Å². The first kappa shape index (κ1) is 20.4. The molecule has 33 heavy (non-hydrogen) atoms. The molecule has 3 unspecified atom stereocenters. The summed E-state index contributed by atoms with van der Waals surface area (Å²) in [5.41, 5.74) is 5.97. The Hall–Kier alpha value is -3.19. The number of nitrogens with one attached hydrogen (secondary N) is 1. The highest BCUT2D eigenvalue weighted by molar-refractivity contribution is 6.11. The van der Waals surface area contributed by atoms with Crippen LogP contribution >= 0.6 is 0 Å². The fourth-order valence-electron chi connectivity index (χ4n) is 6.30. The second-order valence-corrected chi connectivity index (χ2v) is 10.7. The van der Waals surface area contributed by atoms with Crippen molar-refractivity contribution in [2.24, 2.45) is 11.8 Å². The number of rotatable bonds is 3. The number of fused-ring (bicyclic) bond motifs is 4. The number of hydrogen-bond acceptors (Lipinski definition) is 3. The SMILES string of the molecule is CC(C)(C#N)c1ccc(-c2n[nH]c3cnc4ccc(C5CCC6CCCC6C5)cc4c23)cc1. The number of nitrogens with zero attached hydrogens (tertiary/aromatic N) is 3. The molecule has 0 saturated heterocycles. The Morgan fingerprint density at radius 2 is 1.82 bits per heavy atom. The van der Waals surface area contributed by atoms with Gasteiger partial charge in [0.15, 0.2) is 0 Å². The molecule has 0 spiro atoms. The van der Waals surface area contributed by atoms with Crippen molar-refractivity contribution in [2.45, 2.75) is 63.7 Å². The van der Waals surface area contributed by atoms with Crippen LogP contribution in [0.1, 0.15) is 69.4 Å². The number of aromatic amines is 1. The Labute approximate surface area is 195 Å². The third kappa shape index (κ3) is 3.42. The van der Waals surface area contributed by atoms with E-state index in [-0.39, 0.29) is 0 Å². The van der Waals surface area contributed by atoms with E-state index in [1.807, 2.05) is 32.2 Å². The highest BCUT2D eigenvalue weighted by Gasteiger charge is 2.34. The Kier molecular flexibility index (Phi) is 4.76. The minimum Gasteiger partial charge on any atom is -0.276 e. The van der Waals surface area contributed by atoms with E-state index in [2.05, 4.69) is 46.6 Å². The average Bonchev–Trinajstić information content (AvgIpc) is 3.50. The lowest BCUT2D eigenvalue weighted by molar-refractivity contribution is 0.250. The Balaban J connectivity index is 1.42. The van der Waals surface area contributed by atoms with Crippen LogP contribution in [0.4, 0.5) is 0 Å². The van der Waals surface area contributed by atoms with Crippen LogP contribution in [0, 0.1) is 23.2 Å². The number of hydrogen-bond donors (Lipinski definition) is 1. The summed E-state index contributed by atoms with van der Waals surface area (Å²) >= 11 is 0. The van der Waals surface area contributed by atoms with E-state index in [9.17, 15) is 5.26 Å². The number of aromatic nitrogens is 3. The molecule has 2 aliphatic carbocycles. The molecule has 0 bridgehead atoms. The maximum absolute atomic E-state index is 9.47. The van der Waals surface area contributed by atoms with Gasteiger partial charge in [0.25, 0.3) is 0 Å². The summed E-state index contributed by atoms with van der Waals surface area (Å²) < 4.78 is 0. The molecule has 3 atom stereocenters. The van der Waals surface area contributed by atoms with Gasteiger partial charge in [0.1, 0.15) is 5.69 Å². The van der Waals surface area contributed by atoms with Crippen LogP contribution in [0.25, 0.3) is 33.1 Å². The molecular formula is C29H30N4. The predicted octanol–water partition coefficient (Wildman–Crippen LogP) is 7.26. The van der Waals surface area contributed by atoms with E-state index in [1.54, 1.807) is 0 Å². The number of pyridine rings is 1. The molecule has 2 aliphatic rings. The van der Waals surface area contributed by atoms with Crippen molar-refractivity contribution >= 4 is 21.8 Å². The van der Waals surface area contributed by atoms with Crippen LogP contribution in [-0.4, -0.2) is 15.2 Å². The van der Waals surface area contributed by atoms with Crippen molar-refractivity contribution in [2.75, 3.05) is 0 Å². The zero-order valence-corrected chi connectivity index (χ0v) is 19.4. The zero-order chi connectivity index (χ0) is 22.6. The van der Waals surface area contributed by atoms with Crippen molar-refractivity contribution in [3.63, 3.8) is 0 Å². The van der Waals surface area contributed by atoms with E-state index in [0.717, 1.165) is 45.1 Å². The van der Waals surface area contributed by atoms with Gasteiger partial charge in [-0.25, -0.2) is 0 Å². The van der Waals surface area contributed by atoms with E-state index in [1.165, 1.54) is 49.5 Å². The smallest absolute Gasteiger partial charge is 0.101 e. The van der Waals surface area contributed by atoms with Gasteiger partial charge in [-0.2, -0.15) is 10.4 Å². The Morgan fingerprint density at radius 1 is 1.00 bits per heavy atom. The lowest BCUT2D eigenvalue weighted by atomic mass is 9.73. The van der Waals surface area contributed by atoms with Crippen LogP contribution in [-0.2, 0) is 5.41 Å². The summed E-state index contributed by atoms with van der Waals surface area (Å²) in [7, 11) is 0. The maximum Gasteiger partial charge on any atom is 0.101 e. The predicted molar refractivity (Wildman–Crippen MR) is 133 cm³/mol. The average molecular weight is 435 g/mol. The largest absolute Gasteiger partial charge is 0.276 e. The zero-order valence-electron chi connectivity index (χ0n) is 19.4. The highest BCUT2D eigenvalue weighted by Crippen LogP contribution is 2.48. The molecule has 6 rings (SSSR count). The second kappa shape index (κ2) is 7.70. The monoisotopic (exact) mass is 434 g/mol. The van der Waals surface area contributed by atoms with Crippen LogP contribution in [0.15, 0.2) is 48.7 Å². The molecule has 2 aromatic heterocycles. The van der Waals surface area contributed by atoms with Crippen LogP contribution < -0.4 is 0 Å². The fraction of sp³-hybridized carbons (Fsp3) is 0.414. The van der Waals surface area contributed by atoms with Crippen LogP contribution in [0.5, 0.6) is 0 Å². The second-order valence-electron chi connectivity index (χ2n) is 10.7. The van der Waals surface area contributed by atoms with Gasteiger partial charge in [-0.3, -0.25) is 10.1 Å². The number of nitriles is 1. The molecule has 2 saturated carbocycles. The van der Waals surface area contributed by atoms with Gasteiger partial charge in [-0.1, -0.05) is 49.6 Å². The lowest BCUT2D eigenvalue weighted by Gasteiger charge is -2.32. The molecule has 4 nitrogen and oxygen atoms in total. The van der Waals surface area contributed by atoms with Crippen molar-refractivity contribution in [1.29, 1.82) is 5.26 Å². The highest BCUT2D eigenvalue weighted by atomic mass is 15.1. The third-order valence-electron chi connectivity index (χ3n) is 8.34. The Bertz CT molecular complexity index is 1370. The van der Waals surface area contributed by atoms with Gasteiger partial charge >= 0.3 is 0 Å². The van der Waals surface area contributed by atoms with Crippen molar-refractivity contribution in [3.8, 4) is 17.3 Å². The molecule has 166 valence electrons. The standard InChI is InChI=1S/C29H30N4/c1-29(2,17-30)23-11-8-19(9-12-23)28-27-24-15-22(10-13-25(24)31-16-26(27)32-33-28)21-7-6-18-4-3-5-20(18)14-21/h8-13,15-16,18,20-21H,3-7,14H2,1-2H3,(H,32,33). The van der Waals surface area contributed by atoms with E-state index < -0.39 is 5.41 Å². The molecule has 4 heteroatoms. The van der Waals surface area contributed by atoms with Crippen molar-refractivity contribution < 1.29 is 0 Å². The van der Waals surface area contributed by atoms with Crippen molar-refractivity contribution in [3.05, 3.63) is 59.8 Å². The number of benzene rings is 2. The molecule has 4 aromatic rings. The number of H-pyrrole nitrogens is 1. The minimum absolute atomic E-state index is 0.504. The first-order chi connectivity index (χ1) is 16.0. The van der Waals surface area contributed by atoms with E-state index >= 15 is 0 Å². The van der Waals surface area contributed by atoms with E-state index in [0.29, 0.717) is 5.92 Å². The van der Waals surface area contributed by atoms with Gasteiger partial charge in [-0.15, -0.1) is 0 Å². The fourth-order valence-corrected chi connectivity index (χ4v) is 6.30. The summed E-state index contributed by atoms with van der Waals surface area (Å²) in [5, 5.41) is 19.7. The Morgan fingerprint density at radius 3 is 2.64 bits per heavy atom. The van der Waals surface area contributed by atoms with Crippen LogP contribution in [0.3, 0.4) is 0 Å². The van der Waals surface area contributed by atoms with Crippen LogP contribution in [0.2, 0.25) is 0 Å². The van der Waals surface area contributed by atoms with Gasteiger partial charge in [0.05, 0.1) is 28.7 Å². The summed E-state index contributed by atoms with van der Waals surface area (Å²) in [6, 6.07) is 17.5. The van der Waals surface area contributed by atoms with E-state index in [4.69, 9.17) is 4.98 Å². The summed E-state index contributed by atoms with van der Waals surface area (Å²) in [4.78, 5) is 4.71. The quantitative estimate of drug-likeness (QED) is 0.369. The molecule has 2 heterocycles. The molecule has 2 fully saturated rings. The molecule has 0 aliphatic heterocycles.